The molecule has 0 radical (unpaired) electrons. The molecule has 106 valence electrons. The molecule has 1 rings (SSSR count). The standard InChI is InChI=1S/C14H22N2O3/c1-14(2,3)16-13(18)9-15-8-10-5-6-12(19-4)11(17)7-10/h5-7,15,17H,8-9H2,1-4H3,(H,16,18). The van der Waals surface area contributed by atoms with Crippen LogP contribution in [0.15, 0.2) is 18.2 Å². The Bertz CT molecular complexity index is 439. The number of amides is 1. The van der Waals surface area contributed by atoms with Crippen LogP contribution in [0.4, 0.5) is 0 Å². The zero-order valence-electron chi connectivity index (χ0n) is 11.9. The van der Waals surface area contributed by atoms with E-state index in [1.807, 2.05) is 26.8 Å². The second-order valence-corrected chi connectivity index (χ2v) is 5.41. The number of hydrogen-bond donors (Lipinski definition) is 3. The van der Waals surface area contributed by atoms with Crippen molar-refractivity contribution in [3.63, 3.8) is 0 Å². The molecule has 0 bridgehead atoms. The van der Waals surface area contributed by atoms with Gasteiger partial charge in [0.1, 0.15) is 0 Å². The van der Waals surface area contributed by atoms with E-state index < -0.39 is 0 Å². The van der Waals surface area contributed by atoms with E-state index in [4.69, 9.17) is 4.74 Å². The number of rotatable bonds is 5. The summed E-state index contributed by atoms with van der Waals surface area (Å²) in [4.78, 5) is 11.6. The van der Waals surface area contributed by atoms with Gasteiger partial charge in [-0.05, 0) is 38.5 Å². The lowest BCUT2D eigenvalue weighted by atomic mass is 10.1. The monoisotopic (exact) mass is 266 g/mol. The first-order chi connectivity index (χ1) is 8.81. The predicted octanol–water partition coefficient (Wildman–Crippen LogP) is 1.41. The molecule has 0 saturated carbocycles. The minimum atomic E-state index is -0.225. The molecule has 0 aliphatic carbocycles. The number of phenols is 1. The van der Waals surface area contributed by atoms with Gasteiger partial charge >= 0.3 is 0 Å². The van der Waals surface area contributed by atoms with E-state index >= 15 is 0 Å². The lowest BCUT2D eigenvalue weighted by Crippen LogP contribution is -2.44. The summed E-state index contributed by atoms with van der Waals surface area (Å²) in [7, 11) is 1.50. The fourth-order valence-corrected chi connectivity index (χ4v) is 1.63. The van der Waals surface area contributed by atoms with Crippen molar-refractivity contribution in [2.45, 2.75) is 32.9 Å². The third-order valence-electron chi connectivity index (χ3n) is 2.37. The molecule has 0 unspecified atom stereocenters. The molecule has 5 heteroatoms. The summed E-state index contributed by atoms with van der Waals surface area (Å²) in [5, 5.41) is 15.5. The molecule has 0 aromatic heterocycles. The summed E-state index contributed by atoms with van der Waals surface area (Å²) in [5.41, 5.74) is 0.666. The normalized spacial score (nSPS) is 11.2. The maximum atomic E-state index is 11.6. The van der Waals surface area contributed by atoms with Gasteiger partial charge in [0, 0.05) is 12.1 Å². The van der Waals surface area contributed by atoms with E-state index in [1.54, 1.807) is 12.1 Å². The number of aromatic hydroxyl groups is 1. The van der Waals surface area contributed by atoms with Gasteiger partial charge in [-0.25, -0.2) is 0 Å². The van der Waals surface area contributed by atoms with Crippen LogP contribution in [0.2, 0.25) is 0 Å². The average molecular weight is 266 g/mol. The van der Waals surface area contributed by atoms with E-state index in [1.165, 1.54) is 7.11 Å². The SMILES string of the molecule is COc1ccc(CNCC(=O)NC(C)(C)C)cc1O. The molecule has 19 heavy (non-hydrogen) atoms. The van der Waals surface area contributed by atoms with E-state index in [0.717, 1.165) is 5.56 Å². The summed E-state index contributed by atoms with van der Waals surface area (Å²) < 4.78 is 4.96. The van der Waals surface area contributed by atoms with Gasteiger partial charge in [0.05, 0.1) is 13.7 Å². The van der Waals surface area contributed by atoms with Crippen LogP contribution >= 0.6 is 0 Å². The molecule has 1 amide bonds. The smallest absolute Gasteiger partial charge is 0.234 e. The number of carbonyl (C=O) groups excluding carboxylic acids is 1. The highest BCUT2D eigenvalue weighted by atomic mass is 16.5. The van der Waals surface area contributed by atoms with Crippen LogP contribution in [0, 0.1) is 0 Å². The fraction of sp³-hybridized carbons (Fsp3) is 0.500. The number of nitrogens with one attached hydrogen (secondary N) is 2. The van der Waals surface area contributed by atoms with E-state index in [0.29, 0.717) is 12.3 Å². The highest BCUT2D eigenvalue weighted by Crippen LogP contribution is 2.25. The number of benzene rings is 1. The van der Waals surface area contributed by atoms with E-state index in [-0.39, 0.29) is 23.7 Å². The van der Waals surface area contributed by atoms with Gasteiger partial charge in [0.25, 0.3) is 0 Å². The highest BCUT2D eigenvalue weighted by molar-refractivity contribution is 5.78. The van der Waals surface area contributed by atoms with Crippen LogP contribution < -0.4 is 15.4 Å². The molecule has 0 saturated heterocycles. The maximum Gasteiger partial charge on any atom is 0.234 e. The Balaban J connectivity index is 2.41. The largest absolute Gasteiger partial charge is 0.504 e. The number of methoxy groups -OCH3 is 1. The van der Waals surface area contributed by atoms with Crippen LogP contribution in [0.1, 0.15) is 26.3 Å². The minimum absolute atomic E-state index is 0.0507. The van der Waals surface area contributed by atoms with Gasteiger partial charge in [0.2, 0.25) is 5.91 Å². The zero-order chi connectivity index (χ0) is 14.5. The quantitative estimate of drug-likeness (QED) is 0.753. The summed E-state index contributed by atoms with van der Waals surface area (Å²) in [5.74, 6) is 0.486. The summed E-state index contributed by atoms with van der Waals surface area (Å²) in [6, 6.07) is 5.16. The lowest BCUT2D eigenvalue weighted by molar-refractivity contribution is -0.121. The van der Waals surface area contributed by atoms with Crippen molar-refractivity contribution in [2.75, 3.05) is 13.7 Å². The van der Waals surface area contributed by atoms with Gasteiger partial charge in [0.15, 0.2) is 11.5 Å². The van der Waals surface area contributed by atoms with Crippen molar-refractivity contribution < 1.29 is 14.6 Å². The third-order valence-corrected chi connectivity index (χ3v) is 2.37. The van der Waals surface area contributed by atoms with Crippen LogP contribution in [0.25, 0.3) is 0 Å². The molecule has 3 N–H and O–H groups in total. The molecule has 1 aromatic rings. The highest BCUT2D eigenvalue weighted by Gasteiger charge is 2.12. The number of ether oxygens (including phenoxy) is 1. The van der Waals surface area contributed by atoms with Crippen molar-refractivity contribution in [1.29, 1.82) is 0 Å². The second kappa shape index (κ2) is 6.43. The molecule has 0 aliphatic rings. The van der Waals surface area contributed by atoms with Gasteiger partial charge < -0.3 is 20.5 Å². The number of phenolic OH excluding ortho intramolecular Hbond substituents is 1. The minimum Gasteiger partial charge on any atom is -0.504 e. The Kier molecular flexibility index (Phi) is 5.18. The topological polar surface area (TPSA) is 70.6 Å². The first-order valence-electron chi connectivity index (χ1n) is 6.19. The number of carbonyl (C=O) groups is 1. The van der Waals surface area contributed by atoms with Crippen molar-refractivity contribution in [2.24, 2.45) is 0 Å². The lowest BCUT2D eigenvalue weighted by Gasteiger charge is -2.20. The zero-order valence-corrected chi connectivity index (χ0v) is 11.9. The van der Waals surface area contributed by atoms with Crippen molar-refractivity contribution in [3.8, 4) is 11.5 Å². The summed E-state index contributed by atoms with van der Waals surface area (Å²) in [6.07, 6.45) is 0. The van der Waals surface area contributed by atoms with Gasteiger partial charge in [-0.3, -0.25) is 4.79 Å². The van der Waals surface area contributed by atoms with Crippen LogP contribution in [0.3, 0.4) is 0 Å². The van der Waals surface area contributed by atoms with Gasteiger partial charge in [-0.2, -0.15) is 0 Å². The van der Waals surface area contributed by atoms with Gasteiger partial charge in [-0.15, -0.1) is 0 Å². The molecule has 0 fully saturated rings. The van der Waals surface area contributed by atoms with Crippen LogP contribution in [-0.4, -0.2) is 30.2 Å². The van der Waals surface area contributed by atoms with E-state index in [2.05, 4.69) is 10.6 Å². The maximum absolute atomic E-state index is 11.6. The number of hydrogen-bond acceptors (Lipinski definition) is 4. The molecular weight excluding hydrogens is 244 g/mol. The molecule has 0 atom stereocenters. The molecule has 0 aliphatic heterocycles. The molecule has 0 heterocycles. The van der Waals surface area contributed by atoms with Crippen molar-refractivity contribution in [3.05, 3.63) is 23.8 Å². The average Bonchev–Trinajstić information content (AvgIpc) is 2.26. The second-order valence-electron chi connectivity index (χ2n) is 5.41. The van der Waals surface area contributed by atoms with Crippen LogP contribution in [-0.2, 0) is 11.3 Å². The Morgan fingerprint density at radius 3 is 2.58 bits per heavy atom. The van der Waals surface area contributed by atoms with Gasteiger partial charge in [-0.1, -0.05) is 6.07 Å². The fourth-order valence-electron chi connectivity index (χ4n) is 1.63. The summed E-state index contributed by atoms with van der Waals surface area (Å²) in [6.45, 7) is 6.56. The predicted molar refractivity (Wildman–Crippen MR) is 74.3 cm³/mol. The molecule has 1 aromatic carbocycles. The van der Waals surface area contributed by atoms with Crippen molar-refractivity contribution in [1.82, 2.24) is 10.6 Å². The molecule has 5 nitrogen and oxygen atoms in total. The molecule has 0 spiro atoms. The van der Waals surface area contributed by atoms with Crippen LogP contribution in [0.5, 0.6) is 11.5 Å². The third kappa shape index (κ3) is 5.61. The Labute approximate surface area is 114 Å². The molecular formula is C14H22N2O3. The Morgan fingerprint density at radius 2 is 2.05 bits per heavy atom. The first-order valence-corrected chi connectivity index (χ1v) is 6.19. The Hall–Kier alpha value is -1.75. The van der Waals surface area contributed by atoms with E-state index in [9.17, 15) is 9.90 Å². The first kappa shape index (κ1) is 15.3. The Morgan fingerprint density at radius 1 is 1.37 bits per heavy atom. The van der Waals surface area contributed by atoms with Crippen molar-refractivity contribution >= 4 is 5.91 Å². The summed E-state index contributed by atoms with van der Waals surface area (Å²) >= 11 is 0.